The van der Waals surface area contributed by atoms with Crippen molar-refractivity contribution in [2.75, 3.05) is 7.11 Å². The van der Waals surface area contributed by atoms with Gasteiger partial charge < -0.3 is 9.47 Å². The monoisotopic (exact) mass is 528 g/mol. The molecule has 2 heterocycles. The summed E-state index contributed by atoms with van der Waals surface area (Å²) in [5.41, 5.74) is 2.49. The zero-order valence-electron chi connectivity index (χ0n) is 18.0. The number of para-hydroxylation sites is 1. The number of esters is 1. The smallest absolute Gasteiger partial charge is 0.310 e. The van der Waals surface area contributed by atoms with Crippen molar-refractivity contribution in [2.24, 2.45) is 0 Å². The molecule has 0 spiro atoms. The van der Waals surface area contributed by atoms with Crippen molar-refractivity contribution in [3.8, 4) is 5.75 Å². The second-order valence-corrected chi connectivity index (χ2v) is 10.1. The van der Waals surface area contributed by atoms with E-state index < -0.39 is 10.0 Å². The average Bonchev–Trinajstić information content (AvgIpc) is 3.24. The number of halogens is 1. The second kappa shape index (κ2) is 9.36. The molecule has 0 fully saturated rings. The maximum Gasteiger partial charge on any atom is 0.310 e. The van der Waals surface area contributed by atoms with Crippen LogP contribution in [0.4, 0.5) is 0 Å². The molecule has 0 aliphatic heterocycles. The molecule has 0 aliphatic carbocycles. The summed E-state index contributed by atoms with van der Waals surface area (Å²) < 4.78 is 39.0. The maximum absolute atomic E-state index is 13.2. The Morgan fingerprint density at radius 3 is 2.55 bits per heavy atom. The van der Waals surface area contributed by atoms with Crippen LogP contribution in [0.25, 0.3) is 11.0 Å². The molecule has 2 aromatic carbocycles. The molecule has 0 saturated carbocycles. The molecule has 0 bridgehead atoms. The number of methoxy groups -OCH3 is 1. The van der Waals surface area contributed by atoms with Gasteiger partial charge in [0.15, 0.2) is 5.65 Å². The van der Waals surface area contributed by atoms with Crippen molar-refractivity contribution >= 4 is 43.0 Å². The van der Waals surface area contributed by atoms with Gasteiger partial charge in [0.2, 0.25) is 0 Å². The number of hydrogen-bond donors (Lipinski definition) is 0. The molecule has 4 rings (SSSR count). The van der Waals surface area contributed by atoms with Crippen molar-refractivity contribution in [1.29, 1.82) is 0 Å². The van der Waals surface area contributed by atoms with Gasteiger partial charge in [0.05, 0.1) is 24.1 Å². The van der Waals surface area contributed by atoms with Gasteiger partial charge in [-0.15, -0.1) is 0 Å². The Hall–Kier alpha value is -3.17. The lowest BCUT2D eigenvalue weighted by atomic mass is 10.1. The first-order valence-electron chi connectivity index (χ1n) is 10.1. The lowest BCUT2D eigenvalue weighted by molar-refractivity contribution is -0.139. The molecule has 33 heavy (non-hydrogen) atoms. The number of aryl methyl sites for hydroxylation is 1. The first kappa shape index (κ1) is 23.0. The van der Waals surface area contributed by atoms with Crippen molar-refractivity contribution < 1.29 is 22.7 Å². The van der Waals surface area contributed by atoms with E-state index in [-0.39, 0.29) is 23.9 Å². The summed E-state index contributed by atoms with van der Waals surface area (Å²) in [5.74, 6) is 0.163. The Balaban J connectivity index is 1.66. The lowest BCUT2D eigenvalue weighted by Crippen LogP contribution is -2.13. The fourth-order valence-corrected chi connectivity index (χ4v) is 5.22. The molecule has 9 heteroatoms. The number of carbonyl (C=O) groups is 1. The molecule has 0 N–H and O–H groups in total. The Kier molecular flexibility index (Phi) is 6.53. The number of fused-ring (bicyclic) bond motifs is 1. The largest absolute Gasteiger partial charge is 0.487 e. The van der Waals surface area contributed by atoms with Crippen LogP contribution in [0.5, 0.6) is 5.75 Å². The Morgan fingerprint density at radius 2 is 1.82 bits per heavy atom. The van der Waals surface area contributed by atoms with Crippen molar-refractivity contribution in [3.63, 3.8) is 0 Å². The standard InChI is InChI=1S/C24H21BrN2O5S/c1-16-7-9-19(10-8-16)33(29,30)27-12-11-20-21(25)14-18(26-24(20)27)15-32-22-6-4-3-5-17(22)13-23(28)31-2/h3-12,14H,13,15H2,1-2H3. The molecule has 0 unspecified atom stereocenters. The number of pyridine rings is 1. The summed E-state index contributed by atoms with van der Waals surface area (Å²) in [6, 6.07) is 17.3. The summed E-state index contributed by atoms with van der Waals surface area (Å²) >= 11 is 3.51. The van der Waals surface area contributed by atoms with Gasteiger partial charge in [0.25, 0.3) is 10.0 Å². The molecule has 2 aromatic heterocycles. The van der Waals surface area contributed by atoms with Gasteiger partial charge in [-0.2, -0.15) is 0 Å². The number of rotatable bonds is 7. The minimum atomic E-state index is -3.82. The zero-order chi connectivity index (χ0) is 23.6. The highest BCUT2D eigenvalue weighted by Crippen LogP contribution is 2.28. The molecular weight excluding hydrogens is 508 g/mol. The van der Waals surface area contributed by atoms with Crippen LogP contribution < -0.4 is 4.74 Å². The van der Waals surface area contributed by atoms with Gasteiger partial charge in [-0.05, 0) is 53.2 Å². The van der Waals surface area contributed by atoms with Gasteiger partial charge in [0.1, 0.15) is 12.4 Å². The van der Waals surface area contributed by atoms with Crippen molar-refractivity contribution in [2.45, 2.75) is 24.8 Å². The van der Waals surface area contributed by atoms with Crippen LogP contribution in [-0.4, -0.2) is 30.5 Å². The van der Waals surface area contributed by atoms with Gasteiger partial charge in [-0.25, -0.2) is 17.4 Å². The number of hydrogen-bond acceptors (Lipinski definition) is 6. The van der Waals surface area contributed by atoms with Crippen LogP contribution in [0.3, 0.4) is 0 Å². The minimum Gasteiger partial charge on any atom is -0.487 e. The van der Waals surface area contributed by atoms with E-state index in [0.717, 1.165) is 5.56 Å². The van der Waals surface area contributed by atoms with E-state index in [2.05, 4.69) is 20.9 Å². The van der Waals surface area contributed by atoms with Gasteiger partial charge in [-0.3, -0.25) is 4.79 Å². The van der Waals surface area contributed by atoms with E-state index in [9.17, 15) is 13.2 Å². The number of carbonyl (C=O) groups excluding carboxylic acids is 1. The predicted molar refractivity (Wildman–Crippen MR) is 128 cm³/mol. The first-order chi connectivity index (χ1) is 15.8. The van der Waals surface area contributed by atoms with Gasteiger partial charge >= 0.3 is 5.97 Å². The lowest BCUT2D eigenvalue weighted by Gasteiger charge is -2.12. The van der Waals surface area contributed by atoms with Crippen LogP contribution in [0.15, 0.2) is 76.2 Å². The summed E-state index contributed by atoms with van der Waals surface area (Å²) in [7, 11) is -2.49. The SMILES string of the molecule is COC(=O)Cc1ccccc1OCc1cc(Br)c2ccn(S(=O)(=O)c3ccc(C)cc3)c2n1. The fraction of sp³-hybridized carbons (Fsp3) is 0.167. The van der Waals surface area contributed by atoms with E-state index in [1.165, 1.54) is 17.3 Å². The van der Waals surface area contributed by atoms with E-state index >= 15 is 0 Å². The van der Waals surface area contributed by atoms with E-state index in [1.54, 1.807) is 48.5 Å². The Labute approximate surface area is 200 Å². The number of benzene rings is 2. The van der Waals surface area contributed by atoms with Crippen LogP contribution in [-0.2, 0) is 32.6 Å². The molecule has 0 amide bonds. The van der Waals surface area contributed by atoms with E-state index in [0.29, 0.717) is 32.5 Å². The maximum atomic E-state index is 13.2. The van der Waals surface area contributed by atoms with Crippen LogP contribution in [0.2, 0.25) is 0 Å². The van der Waals surface area contributed by atoms with Crippen LogP contribution in [0.1, 0.15) is 16.8 Å². The molecule has 7 nitrogen and oxygen atoms in total. The fourth-order valence-electron chi connectivity index (χ4n) is 3.36. The third kappa shape index (κ3) is 4.79. The molecule has 0 aliphatic rings. The molecule has 4 aromatic rings. The molecule has 0 radical (unpaired) electrons. The predicted octanol–water partition coefficient (Wildman–Crippen LogP) is 4.64. The first-order valence-corrected chi connectivity index (χ1v) is 12.3. The summed E-state index contributed by atoms with van der Waals surface area (Å²) in [6.07, 6.45) is 1.58. The zero-order valence-corrected chi connectivity index (χ0v) is 20.4. The number of aromatic nitrogens is 2. The van der Waals surface area contributed by atoms with Gasteiger partial charge in [-0.1, -0.05) is 35.9 Å². The summed E-state index contributed by atoms with van der Waals surface area (Å²) in [6.45, 7) is 1.98. The second-order valence-electron chi connectivity index (χ2n) is 7.41. The highest BCUT2D eigenvalue weighted by atomic mass is 79.9. The molecule has 170 valence electrons. The topological polar surface area (TPSA) is 87.5 Å². The normalized spacial score (nSPS) is 11.5. The van der Waals surface area contributed by atoms with Crippen LogP contribution >= 0.6 is 15.9 Å². The molecule has 0 atom stereocenters. The average molecular weight is 529 g/mol. The molecule has 0 saturated heterocycles. The number of ether oxygens (including phenoxy) is 2. The van der Waals surface area contributed by atoms with Crippen molar-refractivity contribution in [3.05, 3.63) is 88.2 Å². The Bertz CT molecular complexity index is 1430. The third-order valence-electron chi connectivity index (χ3n) is 5.11. The van der Waals surface area contributed by atoms with E-state index in [1.807, 2.05) is 19.1 Å². The molecular formula is C24H21BrN2O5S. The summed E-state index contributed by atoms with van der Waals surface area (Å²) in [4.78, 5) is 16.4. The third-order valence-corrected chi connectivity index (χ3v) is 7.45. The highest BCUT2D eigenvalue weighted by molar-refractivity contribution is 9.10. The van der Waals surface area contributed by atoms with E-state index in [4.69, 9.17) is 9.47 Å². The quantitative estimate of drug-likeness (QED) is 0.325. The minimum absolute atomic E-state index is 0.0838. The summed E-state index contributed by atoms with van der Waals surface area (Å²) in [5, 5.41) is 0.667. The van der Waals surface area contributed by atoms with Crippen molar-refractivity contribution in [1.82, 2.24) is 8.96 Å². The Morgan fingerprint density at radius 1 is 1.09 bits per heavy atom. The van der Waals surface area contributed by atoms with Crippen LogP contribution in [0, 0.1) is 6.92 Å². The number of nitrogens with zero attached hydrogens (tertiary/aromatic N) is 2. The van der Waals surface area contributed by atoms with Gasteiger partial charge in [0, 0.05) is 21.6 Å². The highest BCUT2D eigenvalue weighted by Gasteiger charge is 2.21.